The number of nitrogens with zero attached hydrogens (tertiary/aromatic N) is 3. The van der Waals surface area contributed by atoms with Crippen molar-refractivity contribution in [2.75, 3.05) is 23.3 Å². The predicted octanol–water partition coefficient (Wildman–Crippen LogP) is 4.19. The van der Waals surface area contributed by atoms with Crippen LogP contribution in [0.5, 0.6) is 0 Å². The van der Waals surface area contributed by atoms with Crippen molar-refractivity contribution in [1.82, 2.24) is 9.78 Å². The number of aromatic nitrogens is 2. The lowest BCUT2D eigenvalue weighted by Crippen LogP contribution is -2.39. The van der Waals surface area contributed by atoms with E-state index in [1.165, 1.54) is 28.9 Å². The molecule has 0 saturated carbocycles. The number of piperidine rings is 1. The number of nitrogens with one attached hydrogen (secondary N) is 1. The lowest BCUT2D eigenvalue weighted by Gasteiger charge is -2.32. The third-order valence-corrected chi connectivity index (χ3v) is 5.71. The first-order valence-corrected chi connectivity index (χ1v) is 10.5. The third kappa shape index (κ3) is 4.77. The zero-order valence-electron chi connectivity index (χ0n) is 17.0. The van der Waals surface area contributed by atoms with Crippen LogP contribution in [0.3, 0.4) is 0 Å². The van der Waals surface area contributed by atoms with E-state index in [0.717, 1.165) is 11.3 Å². The summed E-state index contributed by atoms with van der Waals surface area (Å²) in [4.78, 5) is 27.0. The second kappa shape index (κ2) is 8.89. The molecule has 2 heterocycles. The molecule has 1 N–H and O–H groups in total. The number of rotatable bonds is 4. The lowest BCUT2D eigenvalue weighted by atomic mass is 9.95. The van der Waals surface area contributed by atoms with Crippen LogP contribution in [0.25, 0.3) is 5.69 Å². The van der Waals surface area contributed by atoms with E-state index in [9.17, 15) is 14.0 Å². The second-order valence-corrected chi connectivity index (χ2v) is 8.07. The molecule has 0 bridgehead atoms. The van der Waals surface area contributed by atoms with Gasteiger partial charge in [0.2, 0.25) is 5.91 Å². The van der Waals surface area contributed by atoms with E-state index in [1.54, 1.807) is 18.2 Å². The van der Waals surface area contributed by atoms with Gasteiger partial charge in [-0.2, -0.15) is 4.68 Å². The molecule has 2 aromatic carbocycles. The number of amides is 1. The summed E-state index contributed by atoms with van der Waals surface area (Å²) in [5.74, 6) is 0.0684. The Kier molecular flexibility index (Phi) is 6.04. The van der Waals surface area contributed by atoms with Gasteiger partial charge in [0.05, 0.1) is 5.69 Å². The van der Waals surface area contributed by atoms with E-state index in [0.29, 0.717) is 42.5 Å². The van der Waals surface area contributed by atoms with Crippen LogP contribution < -0.4 is 15.8 Å². The minimum atomic E-state index is -0.431. The molecule has 0 radical (unpaired) electrons. The van der Waals surface area contributed by atoms with E-state index in [1.807, 2.05) is 24.0 Å². The molecule has 0 spiro atoms. The molecule has 0 atom stereocenters. The Morgan fingerprint density at radius 2 is 1.90 bits per heavy atom. The van der Waals surface area contributed by atoms with Crippen molar-refractivity contribution >= 4 is 29.0 Å². The zero-order valence-corrected chi connectivity index (χ0v) is 17.8. The number of aryl methyl sites for hydroxylation is 1. The normalized spacial score (nSPS) is 14.5. The first-order chi connectivity index (χ1) is 14.9. The van der Waals surface area contributed by atoms with Crippen molar-refractivity contribution in [2.45, 2.75) is 19.8 Å². The number of anilines is 2. The molecule has 6 nitrogen and oxygen atoms in total. The molecule has 1 amide bonds. The number of hydrogen-bond acceptors (Lipinski definition) is 4. The molecule has 1 aliphatic heterocycles. The zero-order chi connectivity index (χ0) is 22.0. The van der Waals surface area contributed by atoms with Crippen LogP contribution in [0.1, 0.15) is 18.4 Å². The quantitative estimate of drug-likeness (QED) is 0.660. The van der Waals surface area contributed by atoms with Crippen molar-refractivity contribution in [1.29, 1.82) is 0 Å². The van der Waals surface area contributed by atoms with Gasteiger partial charge in [0.15, 0.2) is 0 Å². The Morgan fingerprint density at radius 1 is 1.13 bits per heavy atom. The van der Waals surface area contributed by atoms with Crippen LogP contribution in [0.15, 0.2) is 59.4 Å². The maximum atomic E-state index is 13.6. The highest BCUT2D eigenvalue weighted by Crippen LogP contribution is 2.25. The second-order valence-electron chi connectivity index (χ2n) is 7.63. The molecule has 160 valence electrons. The van der Waals surface area contributed by atoms with Gasteiger partial charge < -0.3 is 10.2 Å². The van der Waals surface area contributed by atoms with Gasteiger partial charge in [-0.05, 0) is 67.8 Å². The fourth-order valence-electron chi connectivity index (χ4n) is 3.74. The summed E-state index contributed by atoms with van der Waals surface area (Å²) >= 11 is 5.98. The van der Waals surface area contributed by atoms with E-state index in [2.05, 4.69) is 10.4 Å². The average Bonchev–Trinajstić information content (AvgIpc) is 2.76. The van der Waals surface area contributed by atoms with Crippen molar-refractivity contribution < 1.29 is 9.18 Å². The third-order valence-electron chi connectivity index (χ3n) is 5.48. The van der Waals surface area contributed by atoms with Crippen molar-refractivity contribution in [3.8, 4) is 5.69 Å². The van der Waals surface area contributed by atoms with E-state index >= 15 is 0 Å². The molecule has 1 aromatic heterocycles. The summed E-state index contributed by atoms with van der Waals surface area (Å²) < 4.78 is 14.8. The smallest absolute Gasteiger partial charge is 0.271 e. The number of benzene rings is 2. The van der Waals surface area contributed by atoms with Crippen LogP contribution in [-0.4, -0.2) is 28.8 Å². The summed E-state index contributed by atoms with van der Waals surface area (Å²) in [7, 11) is 0. The van der Waals surface area contributed by atoms with E-state index in [-0.39, 0.29) is 17.4 Å². The minimum Gasteiger partial charge on any atom is -0.355 e. The van der Waals surface area contributed by atoms with Gasteiger partial charge in [0, 0.05) is 35.8 Å². The van der Waals surface area contributed by atoms with Gasteiger partial charge in [-0.25, -0.2) is 4.39 Å². The Morgan fingerprint density at radius 3 is 2.61 bits per heavy atom. The Bertz CT molecular complexity index is 1170. The number of hydrogen-bond donors (Lipinski definition) is 1. The first kappa shape index (κ1) is 21.1. The molecule has 0 aliphatic carbocycles. The van der Waals surface area contributed by atoms with Gasteiger partial charge in [0.1, 0.15) is 11.6 Å². The van der Waals surface area contributed by atoms with Gasteiger partial charge in [-0.3, -0.25) is 9.59 Å². The molecule has 1 saturated heterocycles. The molecule has 1 aliphatic rings. The minimum absolute atomic E-state index is 0.0113. The van der Waals surface area contributed by atoms with Gasteiger partial charge in [-0.1, -0.05) is 17.7 Å². The van der Waals surface area contributed by atoms with Gasteiger partial charge in [-0.15, -0.1) is 5.10 Å². The Balaban J connectivity index is 1.43. The summed E-state index contributed by atoms with van der Waals surface area (Å²) in [5.41, 5.74) is 1.73. The highest BCUT2D eigenvalue weighted by Gasteiger charge is 2.26. The largest absolute Gasteiger partial charge is 0.355 e. The van der Waals surface area contributed by atoms with Gasteiger partial charge in [0.25, 0.3) is 5.56 Å². The standard InChI is InChI=1S/C23H22ClFN4O2/c1-15-13-17(24)5-6-20(15)26-23(31)16-9-11-28(12-10-16)21-7-8-22(30)29(27-21)19-4-2-3-18(25)14-19/h2-8,13-14,16H,9-12H2,1H3,(H,26,31). The van der Waals surface area contributed by atoms with E-state index in [4.69, 9.17) is 11.6 Å². The Hall–Kier alpha value is -3.19. The van der Waals surface area contributed by atoms with Crippen LogP contribution in [0.2, 0.25) is 5.02 Å². The maximum absolute atomic E-state index is 13.6. The molecule has 4 rings (SSSR count). The number of carbonyl (C=O) groups excluding carboxylic acids is 1. The van der Waals surface area contributed by atoms with Crippen LogP contribution in [-0.2, 0) is 4.79 Å². The van der Waals surface area contributed by atoms with Crippen molar-refractivity contribution in [2.24, 2.45) is 5.92 Å². The highest BCUT2D eigenvalue weighted by atomic mass is 35.5. The van der Waals surface area contributed by atoms with E-state index < -0.39 is 5.82 Å². The average molecular weight is 441 g/mol. The van der Waals surface area contributed by atoms with Crippen LogP contribution in [0.4, 0.5) is 15.9 Å². The van der Waals surface area contributed by atoms with Crippen LogP contribution in [0, 0.1) is 18.7 Å². The summed E-state index contributed by atoms with van der Waals surface area (Å²) in [6.45, 7) is 3.17. The summed E-state index contributed by atoms with van der Waals surface area (Å²) in [6.07, 6.45) is 1.33. The lowest BCUT2D eigenvalue weighted by molar-refractivity contribution is -0.120. The fraction of sp³-hybridized carbons (Fsp3) is 0.261. The van der Waals surface area contributed by atoms with Crippen molar-refractivity contribution in [3.63, 3.8) is 0 Å². The van der Waals surface area contributed by atoms with Crippen molar-refractivity contribution in [3.05, 3.63) is 81.4 Å². The molecule has 31 heavy (non-hydrogen) atoms. The molecule has 0 unspecified atom stereocenters. The van der Waals surface area contributed by atoms with Gasteiger partial charge >= 0.3 is 0 Å². The fourth-order valence-corrected chi connectivity index (χ4v) is 3.96. The number of carbonyl (C=O) groups is 1. The highest BCUT2D eigenvalue weighted by molar-refractivity contribution is 6.30. The molecule has 8 heteroatoms. The molecule has 3 aromatic rings. The Labute approximate surface area is 184 Å². The topological polar surface area (TPSA) is 67.2 Å². The predicted molar refractivity (Wildman–Crippen MR) is 120 cm³/mol. The first-order valence-electron chi connectivity index (χ1n) is 10.1. The monoisotopic (exact) mass is 440 g/mol. The SMILES string of the molecule is Cc1cc(Cl)ccc1NC(=O)C1CCN(c2ccc(=O)n(-c3cccc(F)c3)n2)CC1. The molecule has 1 fully saturated rings. The maximum Gasteiger partial charge on any atom is 0.271 e. The number of halogens is 2. The van der Waals surface area contributed by atoms with Crippen LogP contribution >= 0.6 is 11.6 Å². The summed E-state index contributed by atoms with van der Waals surface area (Å²) in [6, 6.07) is 14.2. The molecular weight excluding hydrogens is 419 g/mol. The summed E-state index contributed by atoms with van der Waals surface area (Å²) in [5, 5.41) is 8.04. The molecular formula is C23H22ClFN4O2.